The van der Waals surface area contributed by atoms with Gasteiger partial charge < -0.3 is 34.3 Å². The highest BCUT2D eigenvalue weighted by atomic mass is 32.1. The summed E-state index contributed by atoms with van der Waals surface area (Å²) < 4.78 is 16.9. The summed E-state index contributed by atoms with van der Waals surface area (Å²) in [6.07, 6.45) is 1.98. The number of nitrogens with zero attached hydrogens (tertiary/aromatic N) is 3. The number of aromatic nitrogens is 1. The number of nitrogens with one attached hydrogen (secondary N) is 2. The Morgan fingerprint density at radius 1 is 1.03 bits per heavy atom. The van der Waals surface area contributed by atoms with Gasteiger partial charge in [0.05, 0.1) is 25.3 Å². The molecule has 2 aliphatic rings. The van der Waals surface area contributed by atoms with E-state index in [0.29, 0.717) is 41.9 Å². The molecule has 1 saturated heterocycles. The van der Waals surface area contributed by atoms with Crippen LogP contribution in [0.4, 0.5) is 0 Å². The Morgan fingerprint density at radius 2 is 1.76 bits per heavy atom. The first-order valence-corrected chi connectivity index (χ1v) is 14.0. The van der Waals surface area contributed by atoms with Crippen molar-refractivity contribution >= 4 is 28.2 Å². The Labute approximate surface area is 225 Å². The molecule has 0 saturated carbocycles. The topological polar surface area (TPSA) is 82.3 Å². The second-order valence-corrected chi connectivity index (χ2v) is 9.94. The van der Waals surface area contributed by atoms with Crippen LogP contribution >= 0.6 is 12.2 Å². The van der Waals surface area contributed by atoms with Crippen molar-refractivity contribution in [3.05, 3.63) is 34.1 Å². The fourth-order valence-electron chi connectivity index (χ4n) is 4.82. The Hall–Kier alpha value is -2.40. The molecule has 2 aromatic rings. The van der Waals surface area contributed by atoms with E-state index in [2.05, 4.69) is 38.8 Å². The number of aromatic amines is 1. The smallest absolute Gasteiger partial charge is 0.253 e. The Bertz CT molecular complexity index is 1080. The van der Waals surface area contributed by atoms with E-state index in [1.807, 2.05) is 18.2 Å². The van der Waals surface area contributed by atoms with Crippen molar-refractivity contribution in [2.45, 2.75) is 33.2 Å². The van der Waals surface area contributed by atoms with E-state index >= 15 is 0 Å². The van der Waals surface area contributed by atoms with Crippen molar-refractivity contribution in [3.8, 4) is 11.5 Å². The molecular formula is C27H41N5O4S. The first-order chi connectivity index (χ1) is 18.1. The van der Waals surface area contributed by atoms with Gasteiger partial charge in [-0.15, -0.1) is 0 Å². The molecule has 4 rings (SSSR count). The number of fused-ring (bicyclic) bond motifs is 2. The molecule has 1 fully saturated rings. The summed E-state index contributed by atoms with van der Waals surface area (Å²) in [5.74, 6) is 1.38. The Balaban J connectivity index is 1.42. The fraction of sp³-hybridized carbons (Fsp3) is 0.630. The number of pyridine rings is 1. The maximum absolute atomic E-state index is 13.0. The van der Waals surface area contributed by atoms with Crippen LogP contribution in [0.3, 0.4) is 0 Å². The van der Waals surface area contributed by atoms with Gasteiger partial charge in [-0.1, -0.05) is 13.8 Å². The van der Waals surface area contributed by atoms with E-state index in [4.69, 9.17) is 26.4 Å². The van der Waals surface area contributed by atoms with E-state index in [1.165, 1.54) is 0 Å². The molecule has 0 bridgehead atoms. The van der Waals surface area contributed by atoms with Crippen molar-refractivity contribution in [2.75, 3.05) is 78.8 Å². The minimum atomic E-state index is -0.104. The third-order valence-electron chi connectivity index (χ3n) is 7.06. The average molecular weight is 532 g/mol. The predicted molar refractivity (Wildman–Crippen MR) is 151 cm³/mol. The van der Waals surface area contributed by atoms with Crippen LogP contribution in [0.25, 0.3) is 10.9 Å². The number of hydrogen-bond donors (Lipinski definition) is 2. The van der Waals surface area contributed by atoms with Gasteiger partial charge in [0.15, 0.2) is 16.6 Å². The van der Waals surface area contributed by atoms with E-state index in [9.17, 15) is 4.79 Å². The fourth-order valence-corrected chi connectivity index (χ4v) is 5.08. The number of benzene rings is 1. The molecule has 204 valence electrons. The largest absolute Gasteiger partial charge is 0.486 e. The lowest BCUT2D eigenvalue weighted by Crippen LogP contribution is -2.43. The van der Waals surface area contributed by atoms with Crippen molar-refractivity contribution < 1.29 is 14.2 Å². The number of ether oxygens (including phenoxy) is 3. The molecule has 0 radical (unpaired) electrons. The Kier molecular flexibility index (Phi) is 10.4. The SMILES string of the molecule is CCN(CC)CCCN(Cc1cc2cc3c(cc2[nH]c1=O)OCCO3)C(=S)NCCCN1CCOCC1. The van der Waals surface area contributed by atoms with Crippen molar-refractivity contribution in [2.24, 2.45) is 0 Å². The lowest BCUT2D eigenvalue weighted by atomic mass is 10.1. The van der Waals surface area contributed by atoms with Crippen molar-refractivity contribution in [1.29, 1.82) is 0 Å². The molecule has 0 spiro atoms. The zero-order chi connectivity index (χ0) is 26.0. The summed E-state index contributed by atoms with van der Waals surface area (Å²) in [7, 11) is 0. The molecule has 1 aromatic heterocycles. The van der Waals surface area contributed by atoms with Gasteiger partial charge in [-0.05, 0) is 63.4 Å². The van der Waals surface area contributed by atoms with Crippen LogP contribution in [-0.2, 0) is 11.3 Å². The molecule has 0 atom stereocenters. The minimum Gasteiger partial charge on any atom is -0.486 e. The molecule has 10 heteroatoms. The first-order valence-electron chi connectivity index (χ1n) is 13.6. The van der Waals surface area contributed by atoms with Gasteiger partial charge in [0.2, 0.25) is 0 Å². The highest BCUT2D eigenvalue weighted by Crippen LogP contribution is 2.33. The highest BCUT2D eigenvalue weighted by molar-refractivity contribution is 7.80. The number of hydrogen-bond acceptors (Lipinski definition) is 7. The molecule has 1 aromatic carbocycles. The van der Waals surface area contributed by atoms with E-state index in [1.54, 1.807) is 0 Å². The molecule has 37 heavy (non-hydrogen) atoms. The van der Waals surface area contributed by atoms with Gasteiger partial charge in [0.25, 0.3) is 5.56 Å². The van der Waals surface area contributed by atoms with Gasteiger partial charge >= 0.3 is 0 Å². The third kappa shape index (κ3) is 7.80. The van der Waals surface area contributed by atoms with Crippen molar-refractivity contribution in [3.63, 3.8) is 0 Å². The van der Waals surface area contributed by atoms with Crippen LogP contribution in [0.2, 0.25) is 0 Å². The zero-order valence-electron chi connectivity index (χ0n) is 22.2. The van der Waals surface area contributed by atoms with Gasteiger partial charge in [0, 0.05) is 43.2 Å². The quantitative estimate of drug-likeness (QED) is 0.317. The van der Waals surface area contributed by atoms with Crippen LogP contribution in [0.5, 0.6) is 11.5 Å². The Morgan fingerprint density at radius 3 is 2.49 bits per heavy atom. The summed E-state index contributed by atoms with van der Waals surface area (Å²) in [5, 5.41) is 5.06. The molecule has 2 N–H and O–H groups in total. The highest BCUT2D eigenvalue weighted by Gasteiger charge is 2.17. The molecule has 0 aliphatic carbocycles. The van der Waals surface area contributed by atoms with Crippen LogP contribution in [0.15, 0.2) is 23.0 Å². The summed E-state index contributed by atoms with van der Waals surface area (Å²) in [4.78, 5) is 23.0. The van der Waals surface area contributed by atoms with Crippen LogP contribution in [-0.4, -0.2) is 104 Å². The summed E-state index contributed by atoms with van der Waals surface area (Å²) >= 11 is 5.82. The minimum absolute atomic E-state index is 0.104. The molecule has 0 unspecified atom stereocenters. The number of morpholine rings is 1. The monoisotopic (exact) mass is 531 g/mol. The standard InChI is InChI=1S/C27H41N5O4S/c1-3-30(4-2)9-6-10-32(27(37)28-7-5-8-31-11-13-34-14-12-31)20-22-17-21-18-24-25(36-16-15-35-24)19-23(21)29-26(22)33/h17-19H,3-16,20H2,1-2H3,(H,28,37)(H,29,33). The van der Waals surface area contributed by atoms with Crippen LogP contribution in [0, 0.1) is 0 Å². The number of H-pyrrole nitrogens is 1. The summed E-state index contributed by atoms with van der Waals surface area (Å²) in [6.45, 7) is 15.2. The maximum atomic E-state index is 13.0. The van der Waals surface area contributed by atoms with Crippen LogP contribution < -0.4 is 20.3 Å². The van der Waals surface area contributed by atoms with E-state index < -0.39 is 0 Å². The third-order valence-corrected chi connectivity index (χ3v) is 7.46. The second kappa shape index (κ2) is 13.9. The number of thiocarbonyl (C=S) groups is 1. The lowest BCUT2D eigenvalue weighted by Gasteiger charge is -2.28. The molecular weight excluding hydrogens is 490 g/mol. The molecule has 0 amide bonds. The van der Waals surface area contributed by atoms with E-state index in [-0.39, 0.29) is 5.56 Å². The van der Waals surface area contributed by atoms with Crippen molar-refractivity contribution in [1.82, 2.24) is 25.0 Å². The lowest BCUT2D eigenvalue weighted by molar-refractivity contribution is 0.0376. The van der Waals surface area contributed by atoms with Gasteiger partial charge in [-0.3, -0.25) is 9.69 Å². The van der Waals surface area contributed by atoms with Gasteiger partial charge in [0.1, 0.15) is 13.2 Å². The zero-order valence-corrected chi connectivity index (χ0v) is 23.0. The molecule has 2 aliphatic heterocycles. The molecule has 9 nitrogen and oxygen atoms in total. The van der Waals surface area contributed by atoms with Gasteiger partial charge in [-0.2, -0.15) is 0 Å². The first kappa shape index (κ1) is 27.6. The van der Waals surface area contributed by atoms with E-state index in [0.717, 1.165) is 89.3 Å². The number of rotatable bonds is 12. The second-order valence-electron chi connectivity index (χ2n) is 9.55. The summed E-state index contributed by atoms with van der Waals surface area (Å²) in [6, 6.07) is 5.73. The maximum Gasteiger partial charge on any atom is 0.253 e. The molecule has 3 heterocycles. The summed E-state index contributed by atoms with van der Waals surface area (Å²) in [5.41, 5.74) is 1.33. The average Bonchev–Trinajstić information content (AvgIpc) is 2.92. The normalized spacial score (nSPS) is 15.8. The van der Waals surface area contributed by atoms with Gasteiger partial charge in [-0.25, -0.2) is 0 Å². The van der Waals surface area contributed by atoms with Crippen LogP contribution in [0.1, 0.15) is 32.3 Å². The predicted octanol–water partition coefficient (Wildman–Crippen LogP) is 2.43.